The van der Waals surface area contributed by atoms with E-state index in [1.807, 2.05) is 0 Å². The number of benzene rings is 1. The van der Waals surface area contributed by atoms with Crippen LogP contribution >= 0.6 is 15.9 Å². The van der Waals surface area contributed by atoms with Crippen molar-refractivity contribution in [3.05, 3.63) is 34.1 Å². The van der Waals surface area contributed by atoms with Crippen LogP contribution < -0.4 is 5.32 Å². The van der Waals surface area contributed by atoms with Crippen LogP contribution in [0, 0.1) is 5.82 Å². The topological polar surface area (TPSA) is 12.0 Å². The summed E-state index contributed by atoms with van der Waals surface area (Å²) in [6, 6.07) is 2.08. The lowest BCUT2D eigenvalue weighted by Gasteiger charge is -2.22. The van der Waals surface area contributed by atoms with Gasteiger partial charge in [0.15, 0.2) is 0 Å². The van der Waals surface area contributed by atoms with Gasteiger partial charge in [-0.2, -0.15) is 13.2 Å². The Kier molecular flexibility index (Phi) is 5.59. The first-order valence-electron chi connectivity index (χ1n) is 5.58. The fourth-order valence-corrected chi connectivity index (χ4v) is 1.95. The lowest BCUT2D eigenvalue weighted by molar-refractivity contribution is -0.155. The van der Waals surface area contributed by atoms with Crippen molar-refractivity contribution in [2.45, 2.75) is 32.0 Å². The second-order valence-electron chi connectivity index (χ2n) is 3.99. The van der Waals surface area contributed by atoms with E-state index in [9.17, 15) is 17.6 Å². The summed E-state index contributed by atoms with van der Waals surface area (Å²) < 4.78 is 51.9. The first-order chi connectivity index (χ1) is 8.34. The lowest BCUT2D eigenvalue weighted by Crippen LogP contribution is -2.44. The highest BCUT2D eigenvalue weighted by molar-refractivity contribution is 9.10. The molecule has 1 rings (SSSR count). The average molecular weight is 328 g/mol. The molecule has 0 heterocycles. The lowest BCUT2D eigenvalue weighted by atomic mass is 10.1. The molecule has 1 unspecified atom stereocenters. The predicted molar refractivity (Wildman–Crippen MR) is 65.9 cm³/mol. The van der Waals surface area contributed by atoms with Gasteiger partial charge in [0.25, 0.3) is 0 Å². The Labute approximate surface area is 112 Å². The minimum Gasteiger partial charge on any atom is -0.306 e. The fourth-order valence-electron chi connectivity index (χ4n) is 1.54. The minimum atomic E-state index is -4.35. The summed E-state index contributed by atoms with van der Waals surface area (Å²) in [5.74, 6) is -0.537. The molecule has 0 bridgehead atoms. The summed E-state index contributed by atoms with van der Waals surface area (Å²) in [6.07, 6.45) is -4.03. The van der Waals surface area contributed by atoms with Crippen LogP contribution in [0.1, 0.15) is 18.9 Å². The summed E-state index contributed by atoms with van der Waals surface area (Å²) >= 11 is 3.13. The quantitative estimate of drug-likeness (QED) is 0.804. The molecule has 0 radical (unpaired) electrons. The number of rotatable bonds is 5. The van der Waals surface area contributed by atoms with Gasteiger partial charge in [-0.25, -0.2) is 4.39 Å². The molecule has 0 saturated carbocycles. The number of hydrogen-bond donors (Lipinski definition) is 1. The molecule has 0 amide bonds. The fraction of sp³-hybridized carbons (Fsp3) is 0.500. The number of nitrogens with one attached hydrogen (secondary N) is 1. The molecule has 1 N–H and O–H groups in total. The summed E-state index contributed by atoms with van der Waals surface area (Å²) in [5.41, 5.74) is 0.306. The molecule has 0 aliphatic carbocycles. The minimum absolute atomic E-state index is 0.275. The van der Waals surface area contributed by atoms with Crippen molar-refractivity contribution < 1.29 is 17.6 Å². The maximum Gasteiger partial charge on any atom is 0.404 e. The summed E-state index contributed by atoms with van der Waals surface area (Å²) in [5, 5.41) is 2.44. The second kappa shape index (κ2) is 6.52. The average Bonchev–Trinajstić information content (AvgIpc) is 2.27. The smallest absolute Gasteiger partial charge is 0.306 e. The Balaban J connectivity index is 2.85. The van der Waals surface area contributed by atoms with Crippen molar-refractivity contribution in [1.29, 1.82) is 0 Å². The van der Waals surface area contributed by atoms with Crippen LogP contribution in [0.4, 0.5) is 17.6 Å². The van der Waals surface area contributed by atoms with E-state index in [2.05, 4.69) is 21.2 Å². The Hall–Kier alpha value is -0.620. The second-order valence-corrected chi connectivity index (χ2v) is 4.84. The van der Waals surface area contributed by atoms with Crippen molar-refractivity contribution >= 4 is 15.9 Å². The third-order valence-corrected chi connectivity index (χ3v) is 3.24. The van der Waals surface area contributed by atoms with Gasteiger partial charge in [-0.05, 0) is 43.1 Å². The van der Waals surface area contributed by atoms with Gasteiger partial charge in [0.05, 0.1) is 0 Å². The molecular weight excluding hydrogens is 314 g/mol. The van der Waals surface area contributed by atoms with Crippen molar-refractivity contribution in [1.82, 2.24) is 5.32 Å². The molecule has 102 valence electrons. The van der Waals surface area contributed by atoms with E-state index >= 15 is 0 Å². The zero-order valence-electron chi connectivity index (χ0n) is 9.82. The van der Waals surface area contributed by atoms with Gasteiger partial charge in [-0.3, -0.25) is 0 Å². The molecule has 0 aliphatic heterocycles. The highest BCUT2D eigenvalue weighted by Crippen LogP contribution is 2.26. The molecule has 0 fully saturated rings. The molecule has 1 aromatic carbocycles. The third-order valence-electron chi connectivity index (χ3n) is 2.47. The SMILES string of the molecule is CCCNC(Cc1cc(F)ccc1Br)C(F)(F)F. The van der Waals surface area contributed by atoms with Crippen molar-refractivity contribution in [3.8, 4) is 0 Å². The predicted octanol–water partition coefficient (Wildman–Crippen LogP) is 4.06. The van der Waals surface area contributed by atoms with Crippen LogP contribution in [0.3, 0.4) is 0 Å². The van der Waals surface area contributed by atoms with Crippen LogP contribution in [0.2, 0.25) is 0 Å². The molecule has 0 aliphatic rings. The number of hydrogen-bond acceptors (Lipinski definition) is 1. The molecular formula is C12H14BrF4N. The number of halogens is 5. The monoisotopic (exact) mass is 327 g/mol. The van der Waals surface area contributed by atoms with Crippen LogP contribution in [0.15, 0.2) is 22.7 Å². The zero-order valence-corrected chi connectivity index (χ0v) is 11.4. The Morgan fingerprint density at radius 3 is 2.56 bits per heavy atom. The van der Waals surface area contributed by atoms with Crippen molar-refractivity contribution in [2.75, 3.05) is 6.54 Å². The first kappa shape index (κ1) is 15.4. The molecule has 1 nitrogen and oxygen atoms in total. The van der Waals surface area contributed by atoms with E-state index in [4.69, 9.17) is 0 Å². The van der Waals surface area contributed by atoms with Gasteiger partial charge < -0.3 is 5.32 Å². The van der Waals surface area contributed by atoms with Gasteiger partial charge in [0.1, 0.15) is 11.9 Å². The molecule has 1 atom stereocenters. The van der Waals surface area contributed by atoms with Gasteiger partial charge >= 0.3 is 6.18 Å². The summed E-state index contributed by atoms with van der Waals surface area (Å²) in [4.78, 5) is 0. The van der Waals surface area contributed by atoms with Gasteiger partial charge in [0, 0.05) is 4.47 Å². The maximum absolute atomic E-state index is 13.0. The van der Waals surface area contributed by atoms with E-state index in [0.29, 0.717) is 16.5 Å². The summed E-state index contributed by atoms with van der Waals surface area (Å²) in [7, 11) is 0. The van der Waals surface area contributed by atoms with Gasteiger partial charge in [-0.15, -0.1) is 0 Å². The largest absolute Gasteiger partial charge is 0.404 e. The van der Waals surface area contributed by atoms with Crippen molar-refractivity contribution in [3.63, 3.8) is 0 Å². The van der Waals surface area contributed by atoms with Crippen LogP contribution in [-0.4, -0.2) is 18.8 Å². The molecule has 0 aromatic heterocycles. The maximum atomic E-state index is 13.0. The van der Waals surface area contributed by atoms with E-state index in [0.717, 1.165) is 6.07 Å². The van der Waals surface area contributed by atoms with E-state index in [1.165, 1.54) is 12.1 Å². The number of alkyl halides is 3. The van der Waals surface area contributed by atoms with Crippen LogP contribution in [-0.2, 0) is 6.42 Å². The van der Waals surface area contributed by atoms with E-state index in [-0.39, 0.29) is 13.0 Å². The third kappa shape index (κ3) is 4.57. The van der Waals surface area contributed by atoms with Crippen molar-refractivity contribution in [2.24, 2.45) is 0 Å². The zero-order chi connectivity index (χ0) is 13.8. The van der Waals surface area contributed by atoms with E-state index in [1.54, 1.807) is 6.92 Å². The van der Waals surface area contributed by atoms with Gasteiger partial charge in [-0.1, -0.05) is 22.9 Å². The standard InChI is InChI=1S/C12H14BrF4N/c1-2-5-18-11(12(15,16)17)7-8-6-9(14)3-4-10(8)13/h3-4,6,11,18H,2,5,7H2,1H3. The highest BCUT2D eigenvalue weighted by Gasteiger charge is 2.39. The van der Waals surface area contributed by atoms with E-state index < -0.39 is 18.0 Å². The van der Waals surface area contributed by atoms with Crippen LogP contribution in [0.5, 0.6) is 0 Å². The van der Waals surface area contributed by atoms with Gasteiger partial charge in [0.2, 0.25) is 0 Å². The molecule has 18 heavy (non-hydrogen) atoms. The van der Waals surface area contributed by atoms with Crippen LogP contribution in [0.25, 0.3) is 0 Å². The summed E-state index contributed by atoms with van der Waals surface area (Å²) in [6.45, 7) is 2.07. The molecule has 0 spiro atoms. The Bertz CT molecular complexity index is 392. The highest BCUT2D eigenvalue weighted by atomic mass is 79.9. The Morgan fingerprint density at radius 1 is 1.33 bits per heavy atom. The normalized spacial score (nSPS) is 13.7. The molecule has 1 aromatic rings. The molecule has 0 saturated heterocycles. The molecule has 6 heteroatoms. The Morgan fingerprint density at radius 2 is 2.00 bits per heavy atom. The first-order valence-corrected chi connectivity index (χ1v) is 6.38.